The first kappa shape index (κ1) is 12.7. The lowest BCUT2D eigenvalue weighted by molar-refractivity contribution is 0.0972. The second-order valence-corrected chi connectivity index (χ2v) is 7.32. The molecule has 3 heterocycles. The van der Waals surface area contributed by atoms with Crippen molar-refractivity contribution in [3.63, 3.8) is 0 Å². The van der Waals surface area contributed by atoms with E-state index >= 15 is 0 Å². The summed E-state index contributed by atoms with van der Waals surface area (Å²) in [7, 11) is 0. The van der Waals surface area contributed by atoms with Crippen molar-refractivity contribution < 1.29 is 4.79 Å². The van der Waals surface area contributed by atoms with E-state index in [1.807, 2.05) is 6.07 Å². The third kappa shape index (κ3) is 2.13. The molecule has 4 rings (SSSR count). The smallest absolute Gasteiger partial charge is 0.178 e. The maximum absolute atomic E-state index is 12.2. The summed E-state index contributed by atoms with van der Waals surface area (Å²) in [6.45, 7) is 4.56. The summed E-state index contributed by atoms with van der Waals surface area (Å²) in [5.74, 6) is 0.536. The van der Waals surface area contributed by atoms with Gasteiger partial charge in [0, 0.05) is 31.6 Å². The predicted molar refractivity (Wildman–Crippen MR) is 82.6 cm³/mol. The van der Waals surface area contributed by atoms with Crippen LogP contribution in [-0.4, -0.2) is 42.9 Å². The molecule has 20 heavy (non-hydrogen) atoms. The molecule has 5 heteroatoms. The molecule has 1 saturated carbocycles. The Morgan fingerprint density at radius 1 is 1.25 bits per heavy atom. The van der Waals surface area contributed by atoms with Crippen LogP contribution in [0.2, 0.25) is 0 Å². The molecule has 1 unspecified atom stereocenters. The lowest BCUT2D eigenvalue weighted by atomic mass is 10.1. The van der Waals surface area contributed by atoms with Gasteiger partial charge in [-0.05, 0) is 38.3 Å². The molecule has 1 atom stereocenters. The summed E-state index contributed by atoms with van der Waals surface area (Å²) in [4.78, 5) is 18.0. The Balaban J connectivity index is 1.53. The minimum atomic E-state index is 0.260. The van der Waals surface area contributed by atoms with Crippen molar-refractivity contribution in [2.45, 2.75) is 31.7 Å². The first-order valence-electron chi connectivity index (χ1n) is 7.65. The van der Waals surface area contributed by atoms with Gasteiger partial charge in [0.1, 0.15) is 0 Å². The van der Waals surface area contributed by atoms with Crippen LogP contribution in [0.15, 0.2) is 6.07 Å². The Bertz CT molecular complexity index is 537. The molecule has 3 aliphatic rings. The number of nitrogens with zero attached hydrogens (tertiary/aromatic N) is 2. The van der Waals surface area contributed by atoms with Crippen molar-refractivity contribution in [1.29, 1.82) is 0 Å². The van der Waals surface area contributed by atoms with Crippen molar-refractivity contribution >= 4 is 27.8 Å². The second kappa shape index (κ2) is 4.74. The van der Waals surface area contributed by atoms with E-state index in [9.17, 15) is 4.79 Å². The number of fused-ring (bicyclic) bond motifs is 1. The van der Waals surface area contributed by atoms with Gasteiger partial charge in [-0.2, -0.15) is 0 Å². The van der Waals surface area contributed by atoms with Crippen LogP contribution in [0.5, 0.6) is 0 Å². The van der Waals surface area contributed by atoms with Crippen LogP contribution >= 0.6 is 11.3 Å². The number of carbonyl (C=O) groups is 1. The van der Waals surface area contributed by atoms with Crippen molar-refractivity contribution in [3.8, 4) is 0 Å². The van der Waals surface area contributed by atoms with Gasteiger partial charge in [-0.25, -0.2) is 0 Å². The third-order valence-corrected chi connectivity index (χ3v) is 6.04. The van der Waals surface area contributed by atoms with Crippen LogP contribution in [0.1, 0.15) is 35.4 Å². The van der Waals surface area contributed by atoms with Crippen LogP contribution in [0.25, 0.3) is 0 Å². The fourth-order valence-electron chi connectivity index (χ4n) is 3.46. The number of rotatable bonds is 3. The molecule has 0 spiro atoms. The number of hydrogen-bond acceptors (Lipinski definition) is 5. The molecule has 2 aliphatic heterocycles. The average molecular weight is 291 g/mol. The molecule has 0 aromatic carbocycles. The molecular weight excluding hydrogens is 270 g/mol. The standard InChI is InChI=1S/C15H21N3OS/c16-12-8-13(20-15(12)14(19)10-3-4-10)18-7-6-17-5-1-2-11(17)9-18/h8,10-11H,1-7,9,16H2. The molecule has 0 bridgehead atoms. The average Bonchev–Trinajstić information content (AvgIpc) is 3.07. The number of nitrogen functional groups attached to an aromatic ring is 1. The van der Waals surface area contributed by atoms with Gasteiger partial charge in [-0.15, -0.1) is 11.3 Å². The largest absolute Gasteiger partial charge is 0.397 e. The number of carbonyl (C=O) groups excluding carboxylic acids is 1. The highest BCUT2D eigenvalue weighted by molar-refractivity contribution is 7.18. The van der Waals surface area contributed by atoms with E-state index in [1.54, 1.807) is 11.3 Å². The Morgan fingerprint density at radius 3 is 2.90 bits per heavy atom. The van der Waals surface area contributed by atoms with E-state index in [0.29, 0.717) is 11.7 Å². The maximum atomic E-state index is 12.2. The summed E-state index contributed by atoms with van der Waals surface area (Å²) < 4.78 is 0. The first-order chi connectivity index (χ1) is 9.72. The van der Waals surface area contributed by atoms with Crippen LogP contribution < -0.4 is 10.6 Å². The molecular formula is C15H21N3OS. The highest BCUT2D eigenvalue weighted by Gasteiger charge is 2.34. The third-order valence-electron chi connectivity index (χ3n) is 4.82. The highest BCUT2D eigenvalue weighted by Crippen LogP contribution is 2.40. The number of hydrogen-bond donors (Lipinski definition) is 1. The van der Waals surface area contributed by atoms with E-state index in [4.69, 9.17) is 5.73 Å². The predicted octanol–water partition coefficient (Wildman–Crippen LogP) is 2.21. The van der Waals surface area contributed by atoms with Gasteiger partial charge in [-0.3, -0.25) is 9.69 Å². The van der Waals surface area contributed by atoms with Gasteiger partial charge in [-0.1, -0.05) is 0 Å². The molecule has 1 aliphatic carbocycles. The van der Waals surface area contributed by atoms with Crippen LogP contribution in [0, 0.1) is 5.92 Å². The van der Waals surface area contributed by atoms with E-state index < -0.39 is 0 Å². The molecule has 1 aromatic heterocycles. The molecule has 1 aromatic rings. The molecule has 0 amide bonds. The van der Waals surface area contributed by atoms with E-state index in [-0.39, 0.29) is 11.7 Å². The van der Waals surface area contributed by atoms with Gasteiger partial charge in [0.05, 0.1) is 15.6 Å². The first-order valence-corrected chi connectivity index (χ1v) is 8.46. The SMILES string of the molecule is Nc1cc(N2CCN3CCCC3C2)sc1C(=O)C1CC1. The van der Waals surface area contributed by atoms with Crippen molar-refractivity contribution in [2.24, 2.45) is 5.92 Å². The zero-order valence-corrected chi connectivity index (χ0v) is 12.5. The van der Waals surface area contributed by atoms with Gasteiger partial charge < -0.3 is 10.6 Å². The molecule has 108 valence electrons. The zero-order chi connectivity index (χ0) is 13.7. The van der Waals surface area contributed by atoms with Crippen LogP contribution in [0.3, 0.4) is 0 Å². The van der Waals surface area contributed by atoms with Crippen molar-refractivity contribution in [3.05, 3.63) is 10.9 Å². The molecule has 2 N–H and O–H groups in total. The Labute approximate surface area is 123 Å². The highest BCUT2D eigenvalue weighted by atomic mass is 32.1. The molecule has 4 nitrogen and oxygen atoms in total. The molecule has 3 fully saturated rings. The minimum Gasteiger partial charge on any atom is -0.397 e. The molecule has 2 saturated heterocycles. The lowest BCUT2D eigenvalue weighted by Crippen LogP contribution is -2.49. The van der Waals surface area contributed by atoms with Crippen molar-refractivity contribution in [1.82, 2.24) is 4.90 Å². The summed E-state index contributed by atoms with van der Waals surface area (Å²) in [5.41, 5.74) is 6.76. The summed E-state index contributed by atoms with van der Waals surface area (Å²) >= 11 is 1.61. The van der Waals surface area contributed by atoms with Gasteiger partial charge in [0.15, 0.2) is 5.78 Å². The normalized spacial score (nSPS) is 26.8. The summed E-state index contributed by atoms with van der Waals surface area (Å²) in [5, 5.41) is 1.19. The fourth-order valence-corrected chi connectivity index (χ4v) is 4.60. The Morgan fingerprint density at radius 2 is 2.10 bits per heavy atom. The number of anilines is 2. The Hall–Kier alpha value is -1.07. The Kier molecular flexibility index (Phi) is 3.00. The van der Waals surface area contributed by atoms with Gasteiger partial charge >= 0.3 is 0 Å². The summed E-state index contributed by atoms with van der Waals surface area (Å²) in [6, 6.07) is 2.72. The number of nitrogens with two attached hydrogens (primary N) is 1. The topological polar surface area (TPSA) is 49.6 Å². The zero-order valence-electron chi connectivity index (χ0n) is 11.7. The van der Waals surface area contributed by atoms with E-state index in [2.05, 4.69) is 9.80 Å². The number of ketones is 1. The van der Waals surface area contributed by atoms with Crippen molar-refractivity contribution in [2.75, 3.05) is 36.8 Å². The number of piperazine rings is 1. The monoisotopic (exact) mass is 291 g/mol. The number of thiophene rings is 1. The summed E-state index contributed by atoms with van der Waals surface area (Å²) in [6.07, 6.45) is 4.74. The molecule has 0 radical (unpaired) electrons. The van der Waals surface area contributed by atoms with E-state index in [1.165, 1.54) is 24.4 Å². The second-order valence-electron chi connectivity index (χ2n) is 6.29. The van der Waals surface area contributed by atoms with Crippen LogP contribution in [0.4, 0.5) is 10.7 Å². The van der Waals surface area contributed by atoms with Gasteiger partial charge in [0.25, 0.3) is 0 Å². The lowest BCUT2D eigenvalue weighted by Gasteiger charge is -2.38. The number of Topliss-reactive ketones (excluding diaryl/α,β-unsaturated/α-hetero) is 1. The minimum absolute atomic E-state index is 0.260. The fraction of sp³-hybridized carbons (Fsp3) is 0.667. The van der Waals surface area contributed by atoms with E-state index in [0.717, 1.165) is 37.4 Å². The van der Waals surface area contributed by atoms with Crippen LogP contribution in [-0.2, 0) is 0 Å². The maximum Gasteiger partial charge on any atom is 0.178 e. The van der Waals surface area contributed by atoms with Gasteiger partial charge in [0.2, 0.25) is 0 Å². The quantitative estimate of drug-likeness (QED) is 0.868.